The van der Waals surface area contributed by atoms with Crippen LogP contribution >= 0.6 is 0 Å². The first-order valence-electron chi connectivity index (χ1n) is 13.6. The summed E-state index contributed by atoms with van der Waals surface area (Å²) in [6.07, 6.45) is 9.19. The van der Waals surface area contributed by atoms with E-state index in [0.717, 1.165) is 24.8 Å². The molecule has 3 aliphatic rings. The lowest BCUT2D eigenvalue weighted by molar-refractivity contribution is -0.121. The number of hydrogen-bond donors (Lipinski definition) is 2. The number of carbonyl (C=O) groups excluding carboxylic acids is 1. The zero-order chi connectivity index (χ0) is 24.9. The predicted octanol–water partition coefficient (Wildman–Crippen LogP) is 5.72. The summed E-state index contributed by atoms with van der Waals surface area (Å²) in [6.45, 7) is 3.07. The van der Waals surface area contributed by atoms with Crippen LogP contribution in [0, 0.1) is 11.8 Å². The molecule has 1 heterocycles. The van der Waals surface area contributed by atoms with Crippen LogP contribution in [0.5, 0.6) is 5.75 Å². The van der Waals surface area contributed by atoms with Gasteiger partial charge in [0.25, 0.3) is 0 Å². The molecule has 1 unspecified atom stereocenters. The Balaban J connectivity index is 1.20. The van der Waals surface area contributed by atoms with E-state index in [0.29, 0.717) is 42.4 Å². The van der Waals surface area contributed by atoms with Gasteiger partial charge in [0.15, 0.2) is 0 Å². The Kier molecular flexibility index (Phi) is 5.89. The molecule has 3 aliphatic carbocycles. The number of phenolic OH excluding ortho intramolecular Hbond substituents is 1. The van der Waals surface area contributed by atoms with Crippen molar-refractivity contribution in [2.24, 2.45) is 18.9 Å². The monoisotopic (exact) mass is 483 g/mol. The summed E-state index contributed by atoms with van der Waals surface area (Å²) in [6, 6.07) is 16.1. The molecule has 6 rings (SSSR count). The minimum absolute atomic E-state index is 0.135. The molecular formula is C31H37N3O2. The second-order valence-electron chi connectivity index (χ2n) is 11.5. The molecule has 0 bridgehead atoms. The zero-order valence-electron chi connectivity index (χ0n) is 21.4. The van der Waals surface area contributed by atoms with Gasteiger partial charge in [-0.3, -0.25) is 9.48 Å². The number of nitrogens with zero attached hydrogens (tertiary/aromatic N) is 2. The van der Waals surface area contributed by atoms with E-state index in [4.69, 9.17) is 5.10 Å². The van der Waals surface area contributed by atoms with Crippen LogP contribution in [-0.4, -0.2) is 20.8 Å². The van der Waals surface area contributed by atoms with Crippen LogP contribution in [-0.2, 0) is 30.2 Å². The number of aromatic hydroxyl groups is 1. The maximum atomic E-state index is 12.6. The van der Waals surface area contributed by atoms with E-state index in [9.17, 15) is 9.90 Å². The fourth-order valence-corrected chi connectivity index (χ4v) is 8.16. The molecule has 3 aromatic rings. The van der Waals surface area contributed by atoms with E-state index in [-0.39, 0.29) is 11.3 Å². The van der Waals surface area contributed by atoms with E-state index in [2.05, 4.69) is 36.2 Å². The van der Waals surface area contributed by atoms with Gasteiger partial charge in [-0.2, -0.15) is 5.10 Å². The number of benzene rings is 2. The maximum Gasteiger partial charge on any atom is 0.220 e. The van der Waals surface area contributed by atoms with Crippen molar-refractivity contribution < 1.29 is 9.90 Å². The maximum absolute atomic E-state index is 12.6. The molecule has 1 saturated carbocycles. The standard InChI is InChI=1S/C31H37N3O2/c1-31-16-15-24-23-14-12-22(35)17-21(23)11-13-26(24)29(31)25(27-19-33-34(2)30(27)31)9-6-10-28(36)32-18-20-7-4-3-5-8-20/h3-5,7-8,12,14,17,19,24-26,29,35H,6,9-11,13,15-16,18H2,1-2H3,(H,32,36)/t24-,25?,26-,29+,31+/m1/s1. The summed E-state index contributed by atoms with van der Waals surface area (Å²) in [7, 11) is 2.10. The van der Waals surface area contributed by atoms with Gasteiger partial charge in [0.2, 0.25) is 5.91 Å². The zero-order valence-corrected chi connectivity index (χ0v) is 21.4. The molecule has 5 atom stereocenters. The van der Waals surface area contributed by atoms with Crippen LogP contribution < -0.4 is 5.32 Å². The minimum atomic E-state index is 0.135. The Hall–Kier alpha value is -3.08. The molecule has 5 nitrogen and oxygen atoms in total. The predicted molar refractivity (Wildman–Crippen MR) is 141 cm³/mol. The molecule has 36 heavy (non-hydrogen) atoms. The average Bonchev–Trinajstić information content (AvgIpc) is 3.39. The van der Waals surface area contributed by atoms with Crippen molar-refractivity contribution in [1.29, 1.82) is 0 Å². The van der Waals surface area contributed by atoms with Crippen LogP contribution in [0.4, 0.5) is 0 Å². The lowest BCUT2D eigenvalue weighted by atomic mass is 9.53. The summed E-state index contributed by atoms with van der Waals surface area (Å²) in [4.78, 5) is 12.6. The quantitative estimate of drug-likeness (QED) is 0.471. The Morgan fingerprint density at radius 2 is 2.00 bits per heavy atom. The summed E-state index contributed by atoms with van der Waals surface area (Å²) >= 11 is 0. The SMILES string of the molecule is Cn1ncc2c1[C@@]1(C)CC[C@@H]3c4ccc(O)cc4CC[C@H]3[C@@H]1C2CCCC(=O)NCc1ccccc1. The fourth-order valence-electron chi connectivity index (χ4n) is 8.16. The van der Waals surface area contributed by atoms with Crippen LogP contribution in [0.2, 0.25) is 0 Å². The van der Waals surface area contributed by atoms with Crippen molar-refractivity contribution in [3.05, 3.63) is 82.7 Å². The van der Waals surface area contributed by atoms with Gasteiger partial charge in [-0.05, 0) is 96.6 Å². The molecule has 0 radical (unpaired) electrons. The van der Waals surface area contributed by atoms with Crippen molar-refractivity contribution >= 4 is 5.91 Å². The first kappa shape index (κ1) is 23.3. The summed E-state index contributed by atoms with van der Waals surface area (Å²) < 4.78 is 2.13. The minimum Gasteiger partial charge on any atom is -0.508 e. The summed E-state index contributed by atoms with van der Waals surface area (Å²) in [5.74, 6) is 2.74. The molecule has 5 heteroatoms. The van der Waals surface area contributed by atoms with Gasteiger partial charge in [-0.25, -0.2) is 0 Å². The van der Waals surface area contributed by atoms with Crippen molar-refractivity contribution in [2.75, 3.05) is 0 Å². The number of aryl methyl sites for hydroxylation is 2. The van der Waals surface area contributed by atoms with Crippen molar-refractivity contribution in [3.8, 4) is 5.75 Å². The molecule has 0 saturated heterocycles. The fraction of sp³-hybridized carbons (Fsp3) is 0.484. The molecule has 1 amide bonds. The van der Waals surface area contributed by atoms with Gasteiger partial charge >= 0.3 is 0 Å². The number of rotatable bonds is 6. The molecule has 188 valence electrons. The highest BCUT2D eigenvalue weighted by Gasteiger charge is 2.58. The summed E-state index contributed by atoms with van der Waals surface area (Å²) in [5, 5.41) is 17.8. The highest BCUT2D eigenvalue weighted by Crippen LogP contribution is 2.64. The molecule has 0 spiro atoms. The van der Waals surface area contributed by atoms with Gasteiger partial charge in [0.05, 0.1) is 6.20 Å². The number of carbonyl (C=O) groups is 1. The lowest BCUT2D eigenvalue weighted by Crippen LogP contribution is -2.45. The second-order valence-corrected chi connectivity index (χ2v) is 11.5. The molecular weight excluding hydrogens is 446 g/mol. The van der Waals surface area contributed by atoms with E-state index < -0.39 is 0 Å². The summed E-state index contributed by atoms with van der Waals surface area (Å²) in [5.41, 5.74) is 6.92. The number of aromatic nitrogens is 2. The molecule has 1 fully saturated rings. The Morgan fingerprint density at radius 1 is 1.17 bits per heavy atom. The highest BCUT2D eigenvalue weighted by molar-refractivity contribution is 5.75. The second kappa shape index (κ2) is 9.10. The van der Waals surface area contributed by atoms with Gasteiger partial charge in [0.1, 0.15) is 5.75 Å². The van der Waals surface area contributed by atoms with E-state index in [1.807, 2.05) is 42.5 Å². The largest absolute Gasteiger partial charge is 0.508 e. The Labute approximate surface area is 213 Å². The van der Waals surface area contributed by atoms with E-state index in [1.165, 1.54) is 41.6 Å². The van der Waals surface area contributed by atoms with Crippen molar-refractivity contribution in [2.45, 2.75) is 75.7 Å². The topological polar surface area (TPSA) is 67.1 Å². The van der Waals surface area contributed by atoms with Gasteiger partial charge < -0.3 is 10.4 Å². The smallest absolute Gasteiger partial charge is 0.220 e. The van der Waals surface area contributed by atoms with E-state index >= 15 is 0 Å². The van der Waals surface area contributed by atoms with Crippen LogP contribution in [0.3, 0.4) is 0 Å². The molecule has 0 aliphatic heterocycles. The van der Waals surface area contributed by atoms with Crippen molar-refractivity contribution in [3.63, 3.8) is 0 Å². The van der Waals surface area contributed by atoms with Crippen LogP contribution in [0.1, 0.15) is 85.2 Å². The van der Waals surface area contributed by atoms with Gasteiger partial charge in [0, 0.05) is 31.1 Å². The molecule has 2 aromatic carbocycles. The van der Waals surface area contributed by atoms with E-state index in [1.54, 1.807) is 0 Å². The number of hydrogen-bond acceptors (Lipinski definition) is 3. The third-order valence-electron chi connectivity index (χ3n) is 9.55. The average molecular weight is 484 g/mol. The van der Waals surface area contributed by atoms with Crippen LogP contribution in [0.25, 0.3) is 0 Å². The third kappa shape index (κ3) is 3.84. The van der Waals surface area contributed by atoms with Crippen molar-refractivity contribution in [1.82, 2.24) is 15.1 Å². The number of amides is 1. The molecule has 1 aromatic heterocycles. The van der Waals surface area contributed by atoms with Crippen LogP contribution in [0.15, 0.2) is 54.7 Å². The third-order valence-corrected chi connectivity index (χ3v) is 9.55. The first-order valence-corrected chi connectivity index (χ1v) is 13.6. The highest BCUT2D eigenvalue weighted by atomic mass is 16.3. The van der Waals surface area contributed by atoms with Gasteiger partial charge in [-0.15, -0.1) is 0 Å². The first-order chi connectivity index (χ1) is 17.5. The van der Waals surface area contributed by atoms with Gasteiger partial charge in [-0.1, -0.05) is 43.3 Å². The number of nitrogens with one attached hydrogen (secondary N) is 1. The Bertz CT molecular complexity index is 1270. The number of fused-ring (bicyclic) bond motifs is 7. The lowest BCUT2D eigenvalue weighted by Gasteiger charge is -2.51. The normalized spacial score (nSPS) is 28.1. The Morgan fingerprint density at radius 3 is 2.83 bits per heavy atom. The number of phenols is 1. The molecule has 2 N–H and O–H groups in total.